The normalized spacial score (nSPS) is 12.1. The molecule has 5 heteroatoms. The van der Waals surface area contributed by atoms with Gasteiger partial charge in [0.25, 0.3) is 0 Å². The van der Waals surface area contributed by atoms with E-state index in [0.29, 0.717) is 11.4 Å². The van der Waals surface area contributed by atoms with E-state index in [1.807, 2.05) is 24.4 Å². The number of nitrogens with zero attached hydrogens (tertiary/aromatic N) is 3. The molecule has 0 fully saturated rings. The van der Waals surface area contributed by atoms with Gasteiger partial charge in [0.05, 0.1) is 22.3 Å². The second kappa shape index (κ2) is 15.9. The van der Waals surface area contributed by atoms with Crippen LogP contribution < -0.4 is 0 Å². The number of fused-ring (bicyclic) bond motifs is 1. The summed E-state index contributed by atoms with van der Waals surface area (Å²) in [7, 11) is 0. The third-order valence-corrected chi connectivity index (χ3v) is 11.1. The molecule has 0 saturated heterocycles. The molecule has 0 atom stereocenters. The van der Waals surface area contributed by atoms with Crippen molar-refractivity contribution in [1.82, 2.24) is 14.5 Å². The first-order chi connectivity index (χ1) is 27.6. The van der Waals surface area contributed by atoms with Gasteiger partial charge in [0.15, 0.2) is 0 Å². The van der Waals surface area contributed by atoms with Crippen LogP contribution in [0.15, 0.2) is 146 Å². The number of para-hydroxylation sites is 1. The molecule has 59 heavy (non-hydrogen) atoms. The van der Waals surface area contributed by atoms with Crippen molar-refractivity contribution in [3.63, 3.8) is 0 Å². The van der Waals surface area contributed by atoms with Crippen LogP contribution in [0.4, 0.5) is 0 Å². The number of benzene rings is 6. The quantitative estimate of drug-likeness (QED) is 0.169. The maximum Gasteiger partial charge on any atom is 0.148 e. The molecule has 1 N–H and O–H groups in total. The fourth-order valence-corrected chi connectivity index (χ4v) is 7.64. The zero-order chi connectivity index (χ0) is 41.0. The summed E-state index contributed by atoms with van der Waals surface area (Å²) in [5, 5.41) is 11.7. The minimum absolute atomic E-state index is 0. The largest absolute Gasteiger partial charge is 0.507 e. The molecule has 0 saturated carbocycles. The van der Waals surface area contributed by atoms with Gasteiger partial charge in [0.1, 0.15) is 11.6 Å². The maximum absolute atomic E-state index is 11.7. The summed E-state index contributed by atoms with van der Waals surface area (Å²) in [6, 6.07) is 52.6. The fourth-order valence-electron chi connectivity index (χ4n) is 7.64. The summed E-state index contributed by atoms with van der Waals surface area (Å²) in [5.74, 6) is 0.867. The Kier molecular flexibility index (Phi) is 11.2. The zero-order valence-electron chi connectivity index (χ0n) is 35.5. The number of aromatic nitrogens is 3. The molecule has 8 rings (SSSR count). The van der Waals surface area contributed by atoms with Gasteiger partial charge in [-0.2, -0.15) is 0 Å². The van der Waals surface area contributed by atoms with E-state index < -0.39 is 0 Å². The minimum atomic E-state index is -0.148. The molecule has 4 nitrogen and oxygen atoms in total. The van der Waals surface area contributed by atoms with Crippen molar-refractivity contribution in [3.8, 4) is 67.5 Å². The van der Waals surface area contributed by atoms with E-state index in [9.17, 15) is 5.11 Å². The van der Waals surface area contributed by atoms with Gasteiger partial charge in [0.2, 0.25) is 0 Å². The van der Waals surface area contributed by atoms with E-state index in [1.165, 1.54) is 11.1 Å². The first-order valence-electron chi connectivity index (χ1n) is 20.2. The number of phenols is 1. The molecule has 6 aromatic carbocycles. The van der Waals surface area contributed by atoms with E-state index in [4.69, 9.17) is 9.97 Å². The first kappa shape index (κ1) is 41.6. The molecule has 0 radical (unpaired) electrons. The van der Waals surface area contributed by atoms with Gasteiger partial charge in [0, 0.05) is 38.5 Å². The summed E-state index contributed by atoms with van der Waals surface area (Å²) < 4.78 is 2.26. The molecule has 2 heterocycles. The van der Waals surface area contributed by atoms with Gasteiger partial charge in [-0.15, -0.1) is 29.3 Å². The number of imidazole rings is 1. The van der Waals surface area contributed by atoms with Crippen LogP contribution in [0.25, 0.3) is 72.7 Å². The predicted octanol–water partition coefficient (Wildman–Crippen LogP) is 14.2. The maximum atomic E-state index is 11.7. The van der Waals surface area contributed by atoms with Gasteiger partial charge >= 0.3 is 0 Å². The fraction of sp³-hybridized carbons (Fsp3) is 0.222. The summed E-state index contributed by atoms with van der Waals surface area (Å²) in [5.41, 5.74) is 14.7. The molecule has 0 aliphatic rings. The number of pyridine rings is 1. The van der Waals surface area contributed by atoms with Crippen LogP contribution in [0, 0.1) is 6.07 Å². The Bertz CT molecular complexity index is 2780. The summed E-state index contributed by atoms with van der Waals surface area (Å²) >= 11 is 0. The third-order valence-electron chi connectivity index (χ3n) is 11.1. The van der Waals surface area contributed by atoms with Crippen molar-refractivity contribution in [2.24, 2.45) is 0 Å². The molecule has 0 amide bonds. The Morgan fingerprint density at radius 1 is 0.508 bits per heavy atom. The van der Waals surface area contributed by atoms with Crippen molar-refractivity contribution < 1.29 is 26.2 Å². The van der Waals surface area contributed by atoms with Gasteiger partial charge in [-0.3, -0.25) is 9.55 Å². The predicted molar refractivity (Wildman–Crippen MR) is 243 cm³/mol. The van der Waals surface area contributed by atoms with Crippen molar-refractivity contribution in [2.75, 3.05) is 0 Å². The van der Waals surface area contributed by atoms with Crippen molar-refractivity contribution in [1.29, 1.82) is 0 Å². The van der Waals surface area contributed by atoms with Crippen LogP contribution in [0.1, 0.15) is 79.0 Å². The van der Waals surface area contributed by atoms with E-state index in [0.717, 1.165) is 66.9 Å². The smallest absolute Gasteiger partial charge is 0.148 e. The molecule has 300 valence electrons. The molecule has 0 aliphatic carbocycles. The topological polar surface area (TPSA) is 50.9 Å². The van der Waals surface area contributed by atoms with Gasteiger partial charge in [-0.25, -0.2) is 4.98 Å². The number of aromatic hydroxyl groups is 1. The average molecular weight is 954 g/mol. The Balaban J connectivity index is 0.00000528. The number of hydrogen-bond acceptors (Lipinski definition) is 3. The summed E-state index contributed by atoms with van der Waals surface area (Å²) in [4.78, 5) is 10.4. The molecular weight excluding hydrogens is 902 g/mol. The van der Waals surface area contributed by atoms with Crippen LogP contribution in [-0.4, -0.2) is 19.6 Å². The van der Waals surface area contributed by atoms with Crippen molar-refractivity contribution in [3.05, 3.63) is 168 Å². The Hall–Kier alpha value is -5.57. The van der Waals surface area contributed by atoms with Crippen LogP contribution in [0.3, 0.4) is 0 Å². The number of phenolic OH excluding ortho intramolecular Hbond substituents is 1. The van der Waals surface area contributed by atoms with E-state index in [2.05, 4.69) is 194 Å². The summed E-state index contributed by atoms with van der Waals surface area (Å²) in [6.45, 7) is 20.1. The summed E-state index contributed by atoms with van der Waals surface area (Å²) in [6.07, 6.45) is 1.89. The molecular formula is C54H52N3OPt-. The Morgan fingerprint density at radius 3 is 1.78 bits per heavy atom. The SMILES string of the molecule is CC(C)(C)c1cc(-c2cc(-c3ccccc3)ccn2)[c-]c(-c2cccc3c2nc(-c2cc(C(C)(C)C)ccc2O)n3-c2cc(C(C)(C)C)ccc2-c2ccccc2)c1.[Pt]. The van der Waals surface area contributed by atoms with Gasteiger partial charge in [-0.1, -0.05) is 171 Å². The molecule has 2 aromatic heterocycles. The standard InChI is InChI=1S/C54H52N3O.Pt/c1-52(2,3)40-24-26-49(58)45(33-40)51-56-50-44(21-16-22-47(50)57(51)48-34-41(53(4,5)6)23-25-43(48)36-19-14-11-15-20-36)38-29-39(31-42(30-38)54(7,8)9)46-32-37(27-28-55-46)35-17-12-10-13-18-35;/h10-28,30-34,58H,1-9H3;/q-1;. The molecule has 0 aliphatic heterocycles. The van der Waals surface area contributed by atoms with Crippen LogP contribution >= 0.6 is 0 Å². The van der Waals surface area contributed by atoms with Gasteiger partial charge < -0.3 is 5.11 Å². The number of hydrogen-bond donors (Lipinski definition) is 1. The zero-order valence-corrected chi connectivity index (χ0v) is 37.7. The van der Waals surface area contributed by atoms with E-state index >= 15 is 0 Å². The molecule has 8 aromatic rings. The molecule has 0 spiro atoms. The first-order valence-corrected chi connectivity index (χ1v) is 20.2. The van der Waals surface area contributed by atoms with Crippen molar-refractivity contribution in [2.45, 2.75) is 78.6 Å². The van der Waals surface area contributed by atoms with Gasteiger partial charge in [-0.05, 0) is 74.4 Å². The second-order valence-electron chi connectivity index (χ2n) is 18.5. The van der Waals surface area contributed by atoms with E-state index in [-0.39, 0.29) is 43.1 Å². The van der Waals surface area contributed by atoms with Crippen LogP contribution in [0.5, 0.6) is 5.75 Å². The minimum Gasteiger partial charge on any atom is -0.507 e. The number of rotatable bonds is 6. The molecule has 0 unspecified atom stereocenters. The monoisotopic (exact) mass is 953 g/mol. The Morgan fingerprint density at radius 2 is 1.12 bits per heavy atom. The van der Waals surface area contributed by atoms with Crippen molar-refractivity contribution >= 4 is 11.0 Å². The molecule has 0 bridgehead atoms. The van der Waals surface area contributed by atoms with E-state index in [1.54, 1.807) is 0 Å². The average Bonchev–Trinajstić information content (AvgIpc) is 3.60. The Labute approximate surface area is 364 Å². The second-order valence-corrected chi connectivity index (χ2v) is 18.5. The van der Waals surface area contributed by atoms with Crippen LogP contribution in [-0.2, 0) is 37.3 Å². The van der Waals surface area contributed by atoms with Crippen LogP contribution in [0.2, 0.25) is 0 Å². The third kappa shape index (κ3) is 8.34.